The van der Waals surface area contributed by atoms with E-state index < -0.39 is 10.0 Å². The Morgan fingerprint density at radius 3 is 2.66 bits per heavy atom. The first-order chi connectivity index (χ1) is 13.7. The van der Waals surface area contributed by atoms with Crippen LogP contribution in [0.2, 0.25) is 0 Å². The summed E-state index contributed by atoms with van der Waals surface area (Å²) in [5.41, 5.74) is 0.357. The van der Waals surface area contributed by atoms with Gasteiger partial charge in [0.1, 0.15) is 10.6 Å². The van der Waals surface area contributed by atoms with Crippen LogP contribution in [0.5, 0.6) is 5.75 Å². The molecule has 1 atom stereocenters. The number of likely N-dealkylation sites (tertiary alicyclic amines) is 1. The van der Waals surface area contributed by atoms with Crippen LogP contribution < -0.4 is 10.1 Å². The van der Waals surface area contributed by atoms with Gasteiger partial charge >= 0.3 is 5.97 Å². The summed E-state index contributed by atoms with van der Waals surface area (Å²) >= 11 is 0. The number of methoxy groups -OCH3 is 1. The van der Waals surface area contributed by atoms with E-state index in [0.29, 0.717) is 25.4 Å². The number of piperidine rings is 1. The Hall–Kier alpha value is -2.17. The molecular formula is C19H29N3O6S. The van der Waals surface area contributed by atoms with Crippen LogP contribution in [0.25, 0.3) is 0 Å². The van der Waals surface area contributed by atoms with Crippen molar-refractivity contribution in [3.05, 3.63) is 18.2 Å². The number of sulfonamides is 1. The fraction of sp³-hybridized carbons (Fsp3) is 0.579. The molecule has 9 nitrogen and oxygen atoms in total. The quantitative estimate of drug-likeness (QED) is 0.621. The summed E-state index contributed by atoms with van der Waals surface area (Å²) in [5.74, 6) is -0.543. The van der Waals surface area contributed by atoms with E-state index in [-0.39, 0.29) is 35.0 Å². The molecule has 0 spiro atoms. The molecule has 2 rings (SSSR count). The number of amides is 1. The molecule has 1 amide bonds. The second-order valence-electron chi connectivity index (χ2n) is 7.03. The highest BCUT2D eigenvalue weighted by molar-refractivity contribution is 7.89. The fourth-order valence-corrected chi connectivity index (χ4v) is 4.28. The highest BCUT2D eigenvalue weighted by Crippen LogP contribution is 2.29. The zero-order valence-corrected chi connectivity index (χ0v) is 18.1. The van der Waals surface area contributed by atoms with Crippen LogP contribution in [0, 0.1) is 5.92 Å². The number of esters is 1. The molecule has 0 bridgehead atoms. The number of nitrogens with one attached hydrogen (secondary N) is 1. The van der Waals surface area contributed by atoms with Crippen molar-refractivity contribution in [2.45, 2.75) is 24.7 Å². The van der Waals surface area contributed by atoms with E-state index >= 15 is 0 Å². The Kier molecular flexibility index (Phi) is 8.00. The van der Waals surface area contributed by atoms with Crippen LogP contribution in [-0.2, 0) is 24.3 Å². The van der Waals surface area contributed by atoms with Crippen molar-refractivity contribution in [3.8, 4) is 5.75 Å². The Morgan fingerprint density at radius 2 is 2.03 bits per heavy atom. The molecule has 1 heterocycles. The van der Waals surface area contributed by atoms with E-state index in [1.54, 1.807) is 13.0 Å². The minimum atomic E-state index is -3.73. The van der Waals surface area contributed by atoms with Gasteiger partial charge in [-0.05, 0) is 44.5 Å². The van der Waals surface area contributed by atoms with Gasteiger partial charge in [-0.3, -0.25) is 14.5 Å². The van der Waals surface area contributed by atoms with Crippen LogP contribution in [0.15, 0.2) is 23.1 Å². The maximum atomic E-state index is 12.5. The summed E-state index contributed by atoms with van der Waals surface area (Å²) in [6.07, 6.45) is 1.56. The van der Waals surface area contributed by atoms with Crippen molar-refractivity contribution >= 4 is 27.6 Å². The van der Waals surface area contributed by atoms with E-state index in [0.717, 1.165) is 17.1 Å². The predicted molar refractivity (Wildman–Crippen MR) is 108 cm³/mol. The van der Waals surface area contributed by atoms with Gasteiger partial charge in [-0.1, -0.05) is 0 Å². The third-order valence-corrected chi connectivity index (χ3v) is 6.53. The molecule has 10 heteroatoms. The lowest BCUT2D eigenvalue weighted by atomic mass is 9.98. The molecule has 1 aromatic rings. The van der Waals surface area contributed by atoms with Crippen LogP contribution >= 0.6 is 0 Å². The molecule has 1 aliphatic heterocycles. The number of carbonyl (C=O) groups excluding carboxylic acids is 2. The average molecular weight is 428 g/mol. The number of carbonyl (C=O) groups is 2. The summed E-state index contributed by atoms with van der Waals surface area (Å²) in [6.45, 7) is 3.40. The number of hydrogen-bond acceptors (Lipinski definition) is 7. The number of rotatable bonds is 8. The first-order valence-electron chi connectivity index (χ1n) is 9.48. The molecule has 1 N–H and O–H groups in total. The fourth-order valence-electron chi connectivity index (χ4n) is 3.21. The van der Waals surface area contributed by atoms with Crippen molar-refractivity contribution in [1.29, 1.82) is 0 Å². The monoisotopic (exact) mass is 427 g/mol. The van der Waals surface area contributed by atoms with Crippen molar-refractivity contribution in [2.75, 3.05) is 52.8 Å². The number of nitrogens with zero attached hydrogens (tertiary/aromatic N) is 2. The van der Waals surface area contributed by atoms with Crippen LogP contribution in [-0.4, -0.2) is 76.9 Å². The van der Waals surface area contributed by atoms with Crippen LogP contribution in [0.1, 0.15) is 19.8 Å². The molecular weight excluding hydrogens is 398 g/mol. The lowest BCUT2D eigenvalue weighted by molar-refractivity contribution is -0.150. The number of ether oxygens (including phenoxy) is 2. The molecule has 1 saturated heterocycles. The molecule has 1 fully saturated rings. The largest absolute Gasteiger partial charge is 0.495 e. The van der Waals surface area contributed by atoms with Gasteiger partial charge in [-0.25, -0.2) is 12.7 Å². The van der Waals surface area contributed by atoms with Gasteiger partial charge < -0.3 is 14.8 Å². The van der Waals surface area contributed by atoms with Gasteiger partial charge in [0.25, 0.3) is 0 Å². The normalized spacial score (nSPS) is 17.8. The van der Waals surface area contributed by atoms with E-state index in [1.165, 1.54) is 33.3 Å². The van der Waals surface area contributed by atoms with Gasteiger partial charge in [-0.2, -0.15) is 0 Å². The first-order valence-corrected chi connectivity index (χ1v) is 10.9. The molecule has 0 aliphatic carbocycles. The predicted octanol–water partition coefficient (Wildman–Crippen LogP) is 1.16. The van der Waals surface area contributed by atoms with E-state index in [9.17, 15) is 18.0 Å². The molecule has 0 aromatic heterocycles. The van der Waals surface area contributed by atoms with Crippen molar-refractivity contribution in [1.82, 2.24) is 9.21 Å². The Labute approximate surface area is 172 Å². The maximum Gasteiger partial charge on any atom is 0.310 e. The minimum Gasteiger partial charge on any atom is -0.495 e. The lowest BCUT2D eigenvalue weighted by Crippen LogP contribution is -2.43. The SMILES string of the molecule is CCOC(=O)[C@H]1CCCN(CC(=O)Nc2ccc(OC)c(S(=O)(=O)N(C)C)c2)C1. The van der Waals surface area contributed by atoms with Gasteiger partial charge in [0, 0.05) is 26.3 Å². The molecule has 162 valence electrons. The van der Waals surface area contributed by atoms with Crippen molar-refractivity contribution < 1.29 is 27.5 Å². The van der Waals surface area contributed by atoms with E-state index in [4.69, 9.17) is 9.47 Å². The van der Waals surface area contributed by atoms with Gasteiger partial charge in [0.05, 0.1) is 26.2 Å². The smallest absolute Gasteiger partial charge is 0.310 e. The van der Waals surface area contributed by atoms with E-state index in [1.807, 2.05) is 4.90 Å². The van der Waals surface area contributed by atoms with Gasteiger partial charge in [-0.15, -0.1) is 0 Å². The third-order valence-electron chi connectivity index (χ3n) is 4.70. The second-order valence-corrected chi connectivity index (χ2v) is 9.15. The summed E-state index contributed by atoms with van der Waals surface area (Å²) in [4.78, 5) is 26.3. The molecule has 1 aliphatic rings. The van der Waals surface area contributed by atoms with Crippen molar-refractivity contribution in [2.24, 2.45) is 5.92 Å². The summed E-state index contributed by atoms with van der Waals surface area (Å²) < 4.78 is 36.3. The topological polar surface area (TPSA) is 105 Å². The number of benzene rings is 1. The highest BCUT2D eigenvalue weighted by Gasteiger charge is 2.28. The second kappa shape index (κ2) is 10.0. The summed E-state index contributed by atoms with van der Waals surface area (Å²) in [5, 5.41) is 2.73. The summed E-state index contributed by atoms with van der Waals surface area (Å²) in [6, 6.07) is 4.47. The molecule has 1 aromatic carbocycles. The number of anilines is 1. The van der Waals surface area contributed by atoms with Crippen LogP contribution in [0.4, 0.5) is 5.69 Å². The Balaban J connectivity index is 2.06. The van der Waals surface area contributed by atoms with Gasteiger partial charge in [0.2, 0.25) is 15.9 Å². The lowest BCUT2D eigenvalue weighted by Gasteiger charge is -2.30. The Bertz CT molecular complexity index is 840. The molecule has 0 unspecified atom stereocenters. The zero-order valence-electron chi connectivity index (χ0n) is 17.3. The molecule has 0 radical (unpaired) electrons. The van der Waals surface area contributed by atoms with Crippen molar-refractivity contribution in [3.63, 3.8) is 0 Å². The van der Waals surface area contributed by atoms with Crippen LogP contribution in [0.3, 0.4) is 0 Å². The van der Waals surface area contributed by atoms with E-state index in [2.05, 4.69) is 5.32 Å². The first kappa shape index (κ1) is 23.1. The minimum absolute atomic E-state index is 0.0249. The Morgan fingerprint density at radius 1 is 1.31 bits per heavy atom. The average Bonchev–Trinajstić information content (AvgIpc) is 2.68. The molecule has 0 saturated carbocycles. The maximum absolute atomic E-state index is 12.5. The molecule has 29 heavy (non-hydrogen) atoms. The number of hydrogen-bond donors (Lipinski definition) is 1. The van der Waals surface area contributed by atoms with Gasteiger partial charge in [0.15, 0.2) is 0 Å². The highest BCUT2D eigenvalue weighted by atomic mass is 32.2. The summed E-state index contributed by atoms with van der Waals surface area (Å²) in [7, 11) is 0.509. The third kappa shape index (κ3) is 5.91. The zero-order chi connectivity index (χ0) is 21.6. The standard InChI is InChI=1S/C19H29N3O6S/c1-5-28-19(24)14-7-6-10-22(12-14)13-18(23)20-15-8-9-16(27-4)17(11-15)29(25,26)21(2)3/h8-9,11,14H,5-7,10,12-13H2,1-4H3,(H,20,23)/t14-/m0/s1.